The van der Waals surface area contributed by atoms with E-state index < -0.39 is 17.9 Å². The van der Waals surface area contributed by atoms with E-state index in [9.17, 15) is 9.59 Å². The SMILES string of the molecule is NC(=O)CO[C@@H]1COCC[C@H]1NC(=O)c1ccc(Oc2ccccc2)o1. The third-order valence-corrected chi connectivity index (χ3v) is 3.83. The molecule has 3 N–H and O–H groups in total. The first kappa shape index (κ1) is 18.0. The van der Waals surface area contributed by atoms with Gasteiger partial charge in [0.15, 0.2) is 5.76 Å². The normalized spacial score (nSPS) is 19.7. The molecule has 1 aromatic heterocycles. The maximum atomic E-state index is 12.4. The fourth-order valence-electron chi connectivity index (χ4n) is 2.57. The van der Waals surface area contributed by atoms with Crippen LogP contribution in [0.2, 0.25) is 0 Å². The fraction of sp³-hybridized carbons (Fsp3) is 0.333. The van der Waals surface area contributed by atoms with Crippen LogP contribution in [-0.2, 0) is 14.3 Å². The summed E-state index contributed by atoms with van der Waals surface area (Å²) in [6.07, 6.45) is 0.110. The Kier molecular flexibility index (Phi) is 5.88. The lowest BCUT2D eigenvalue weighted by Gasteiger charge is -2.31. The van der Waals surface area contributed by atoms with Crippen molar-refractivity contribution in [2.24, 2.45) is 5.73 Å². The lowest BCUT2D eigenvalue weighted by atomic mass is 10.1. The monoisotopic (exact) mass is 360 g/mol. The van der Waals surface area contributed by atoms with Crippen LogP contribution in [0.15, 0.2) is 46.9 Å². The summed E-state index contributed by atoms with van der Waals surface area (Å²) in [4.78, 5) is 23.3. The zero-order valence-electron chi connectivity index (χ0n) is 14.1. The van der Waals surface area contributed by atoms with Crippen LogP contribution < -0.4 is 15.8 Å². The highest BCUT2D eigenvalue weighted by Gasteiger charge is 2.29. The number of furan rings is 1. The summed E-state index contributed by atoms with van der Waals surface area (Å²) < 4.78 is 21.7. The number of nitrogens with one attached hydrogen (secondary N) is 1. The van der Waals surface area contributed by atoms with E-state index in [1.807, 2.05) is 18.2 Å². The van der Waals surface area contributed by atoms with E-state index in [1.165, 1.54) is 6.07 Å². The minimum absolute atomic E-state index is 0.121. The minimum atomic E-state index is -0.575. The zero-order valence-corrected chi connectivity index (χ0v) is 14.1. The number of carbonyl (C=O) groups is 2. The van der Waals surface area contributed by atoms with Crippen LogP contribution in [0.1, 0.15) is 17.0 Å². The summed E-state index contributed by atoms with van der Waals surface area (Å²) in [5.41, 5.74) is 5.09. The van der Waals surface area contributed by atoms with Crippen molar-refractivity contribution in [1.82, 2.24) is 5.32 Å². The van der Waals surface area contributed by atoms with E-state index in [4.69, 9.17) is 24.4 Å². The quantitative estimate of drug-likeness (QED) is 0.773. The van der Waals surface area contributed by atoms with E-state index in [-0.39, 0.29) is 31.0 Å². The molecule has 26 heavy (non-hydrogen) atoms. The molecule has 138 valence electrons. The first-order valence-electron chi connectivity index (χ1n) is 8.23. The number of benzene rings is 1. The number of carbonyl (C=O) groups excluding carboxylic acids is 2. The standard InChI is InChI=1S/C18H20N2O6/c19-16(21)11-24-15-10-23-9-8-13(15)20-18(22)14-6-7-17(26-14)25-12-4-2-1-3-5-12/h1-7,13,15H,8-11H2,(H2,19,21)(H,20,22)/t13-,15-/m1/s1. The molecule has 1 fully saturated rings. The van der Waals surface area contributed by atoms with Crippen molar-refractivity contribution in [3.63, 3.8) is 0 Å². The molecule has 1 saturated heterocycles. The molecule has 2 amide bonds. The van der Waals surface area contributed by atoms with Crippen LogP contribution in [0.3, 0.4) is 0 Å². The summed E-state index contributed by atoms with van der Waals surface area (Å²) in [5, 5.41) is 2.84. The Bertz CT molecular complexity index is 745. The van der Waals surface area contributed by atoms with Crippen LogP contribution in [-0.4, -0.2) is 43.8 Å². The summed E-state index contributed by atoms with van der Waals surface area (Å²) >= 11 is 0. The number of hydrogen-bond acceptors (Lipinski definition) is 6. The van der Waals surface area contributed by atoms with Gasteiger partial charge in [0.25, 0.3) is 11.9 Å². The Labute approximate surface area is 150 Å². The molecule has 8 nitrogen and oxygen atoms in total. The van der Waals surface area contributed by atoms with Gasteiger partial charge < -0.3 is 29.7 Å². The fourth-order valence-corrected chi connectivity index (χ4v) is 2.57. The molecule has 0 radical (unpaired) electrons. The molecular formula is C18H20N2O6. The molecule has 2 aromatic rings. The van der Waals surface area contributed by atoms with Crippen LogP contribution in [0.25, 0.3) is 0 Å². The third-order valence-electron chi connectivity index (χ3n) is 3.83. The van der Waals surface area contributed by atoms with Gasteiger partial charge >= 0.3 is 0 Å². The van der Waals surface area contributed by atoms with Gasteiger partial charge in [0.2, 0.25) is 5.91 Å². The van der Waals surface area contributed by atoms with Crippen molar-refractivity contribution in [2.45, 2.75) is 18.6 Å². The average molecular weight is 360 g/mol. The van der Waals surface area contributed by atoms with E-state index in [2.05, 4.69) is 5.32 Å². The van der Waals surface area contributed by atoms with Crippen molar-refractivity contribution >= 4 is 11.8 Å². The molecule has 0 bridgehead atoms. The second-order valence-electron chi connectivity index (χ2n) is 5.79. The first-order valence-corrected chi connectivity index (χ1v) is 8.23. The third kappa shape index (κ3) is 4.84. The van der Waals surface area contributed by atoms with Crippen LogP contribution in [0.5, 0.6) is 11.7 Å². The molecule has 0 spiro atoms. The maximum Gasteiger partial charge on any atom is 0.290 e. The van der Waals surface area contributed by atoms with Gasteiger partial charge in [-0.15, -0.1) is 0 Å². The zero-order chi connectivity index (χ0) is 18.4. The van der Waals surface area contributed by atoms with E-state index >= 15 is 0 Å². The number of para-hydroxylation sites is 1. The number of ether oxygens (including phenoxy) is 3. The van der Waals surface area contributed by atoms with Crippen molar-refractivity contribution in [3.05, 3.63) is 48.2 Å². The highest BCUT2D eigenvalue weighted by molar-refractivity contribution is 5.91. The van der Waals surface area contributed by atoms with E-state index in [0.717, 1.165) is 0 Å². The number of hydrogen-bond donors (Lipinski definition) is 2. The Morgan fingerprint density at radius 3 is 2.77 bits per heavy atom. The number of primary amides is 1. The number of amides is 2. The Morgan fingerprint density at radius 1 is 1.19 bits per heavy atom. The molecule has 0 aliphatic carbocycles. The van der Waals surface area contributed by atoms with E-state index in [1.54, 1.807) is 18.2 Å². The van der Waals surface area contributed by atoms with E-state index in [0.29, 0.717) is 18.8 Å². The lowest BCUT2D eigenvalue weighted by molar-refractivity contribution is -0.129. The minimum Gasteiger partial charge on any atom is -0.426 e. The maximum absolute atomic E-state index is 12.4. The van der Waals surface area contributed by atoms with Gasteiger partial charge in [0.05, 0.1) is 12.6 Å². The summed E-state index contributed by atoms with van der Waals surface area (Å²) in [6, 6.07) is 11.9. The predicted octanol–water partition coefficient (Wildman–Crippen LogP) is 1.46. The molecule has 0 saturated carbocycles. The molecule has 0 unspecified atom stereocenters. The summed E-state index contributed by atoms with van der Waals surface area (Å²) in [5.74, 6) is -0.0223. The van der Waals surface area contributed by atoms with Gasteiger partial charge in [-0.25, -0.2) is 0 Å². The highest BCUT2D eigenvalue weighted by Crippen LogP contribution is 2.23. The van der Waals surface area contributed by atoms with Gasteiger partial charge in [-0.2, -0.15) is 0 Å². The molecule has 2 heterocycles. The lowest BCUT2D eigenvalue weighted by Crippen LogP contribution is -2.50. The van der Waals surface area contributed by atoms with Gasteiger partial charge in [0, 0.05) is 12.7 Å². The largest absolute Gasteiger partial charge is 0.426 e. The summed E-state index contributed by atoms with van der Waals surface area (Å²) in [6.45, 7) is 0.539. The van der Waals surface area contributed by atoms with Crippen molar-refractivity contribution < 1.29 is 28.2 Å². The molecule has 3 rings (SSSR count). The van der Waals surface area contributed by atoms with Crippen LogP contribution >= 0.6 is 0 Å². The molecule has 1 aliphatic rings. The Hall–Kier alpha value is -2.84. The van der Waals surface area contributed by atoms with Gasteiger partial charge in [-0.1, -0.05) is 18.2 Å². The summed E-state index contributed by atoms with van der Waals surface area (Å²) in [7, 11) is 0. The smallest absolute Gasteiger partial charge is 0.290 e. The second-order valence-corrected chi connectivity index (χ2v) is 5.79. The van der Waals surface area contributed by atoms with Crippen LogP contribution in [0.4, 0.5) is 0 Å². The molecule has 1 aliphatic heterocycles. The van der Waals surface area contributed by atoms with Crippen molar-refractivity contribution in [1.29, 1.82) is 0 Å². The molecule has 2 atom stereocenters. The predicted molar refractivity (Wildman–Crippen MR) is 90.8 cm³/mol. The van der Waals surface area contributed by atoms with Crippen molar-refractivity contribution in [3.8, 4) is 11.7 Å². The molecular weight excluding hydrogens is 340 g/mol. The molecule has 8 heteroatoms. The van der Waals surface area contributed by atoms with Gasteiger partial charge in [0.1, 0.15) is 18.5 Å². The van der Waals surface area contributed by atoms with Gasteiger partial charge in [-0.05, 0) is 24.6 Å². The average Bonchev–Trinajstić information content (AvgIpc) is 3.10. The van der Waals surface area contributed by atoms with Crippen molar-refractivity contribution in [2.75, 3.05) is 19.8 Å². The van der Waals surface area contributed by atoms with Gasteiger partial charge in [-0.3, -0.25) is 9.59 Å². The highest BCUT2D eigenvalue weighted by atomic mass is 16.6. The molecule has 1 aromatic carbocycles. The first-order chi connectivity index (χ1) is 12.6. The topological polar surface area (TPSA) is 113 Å². The number of nitrogens with two attached hydrogens (primary N) is 1. The Morgan fingerprint density at radius 2 is 2.00 bits per heavy atom. The second kappa shape index (κ2) is 8.50. The van der Waals surface area contributed by atoms with Crippen LogP contribution in [0, 0.1) is 0 Å². The number of rotatable bonds is 7. The Balaban J connectivity index is 1.59.